The van der Waals surface area contributed by atoms with Crippen LogP contribution < -0.4 is 10.9 Å². The van der Waals surface area contributed by atoms with Crippen LogP contribution in [-0.4, -0.2) is 61.6 Å². The normalized spacial score (nSPS) is 18.5. The number of hydrogen-bond acceptors (Lipinski definition) is 9. The first-order valence-electron chi connectivity index (χ1n) is 18.1. The van der Waals surface area contributed by atoms with Crippen LogP contribution in [0.5, 0.6) is 0 Å². The summed E-state index contributed by atoms with van der Waals surface area (Å²) in [4.78, 5) is 47.3. The maximum absolute atomic E-state index is 13.3. The van der Waals surface area contributed by atoms with Crippen molar-refractivity contribution < 1.29 is 28.9 Å². The van der Waals surface area contributed by atoms with Gasteiger partial charge in [0.25, 0.3) is 5.56 Å². The first kappa shape index (κ1) is 37.4. The van der Waals surface area contributed by atoms with Crippen molar-refractivity contribution in [1.82, 2.24) is 24.4 Å². The van der Waals surface area contributed by atoms with Crippen LogP contribution >= 0.6 is 0 Å². The minimum atomic E-state index is -0.949. The molecule has 4 aromatic rings. The summed E-state index contributed by atoms with van der Waals surface area (Å²) >= 11 is 0. The number of esters is 1. The van der Waals surface area contributed by atoms with Gasteiger partial charge >= 0.3 is 12.1 Å². The van der Waals surface area contributed by atoms with Crippen LogP contribution in [0.15, 0.2) is 101 Å². The molecule has 3 atom stereocenters. The lowest BCUT2D eigenvalue weighted by molar-refractivity contribution is -0.148. The summed E-state index contributed by atoms with van der Waals surface area (Å²) in [7, 11) is 0. The molecule has 3 heterocycles. The number of benzene rings is 2. The van der Waals surface area contributed by atoms with E-state index < -0.39 is 43.1 Å². The van der Waals surface area contributed by atoms with E-state index in [0.29, 0.717) is 12.2 Å². The molecule has 6 rings (SSSR count). The molecule has 2 aromatic heterocycles. The fourth-order valence-electron chi connectivity index (χ4n) is 6.67. The molecule has 0 saturated carbocycles. The number of carbonyl (C=O) groups excluding carboxylic acids is 2. The molecular weight excluding hydrogens is 674 g/mol. The first-order valence-corrected chi connectivity index (χ1v) is 18.1. The number of aliphatic hydroxyl groups is 1. The Labute approximate surface area is 308 Å². The minimum Gasteiger partial charge on any atom is -0.461 e. The number of hydrogen-bond donors (Lipinski definition) is 2. The molecule has 12 nitrogen and oxygen atoms in total. The lowest BCUT2D eigenvalue weighted by Gasteiger charge is -2.17. The smallest absolute Gasteiger partial charge is 0.408 e. The second kappa shape index (κ2) is 17.0. The number of nitrogens with zero attached hydrogens (tertiary/aromatic N) is 4. The van der Waals surface area contributed by atoms with Gasteiger partial charge in [-0.25, -0.2) is 14.8 Å². The average molecular weight is 722 g/mol. The van der Waals surface area contributed by atoms with E-state index in [4.69, 9.17) is 14.2 Å². The van der Waals surface area contributed by atoms with Gasteiger partial charge in [-0.05, 0) is 64.5 Å². The third kappa shape index (κ3) is 9.01. The zero-order chi connectivity index (χ0) is 37.5. The molecule has 2 aromatic carbocycles. The molecule has 0 bridgehead atoms. The van der Waals surface area contributed by atoms with Gasteiger partial charge in [0.05, 0.1) is 12.4 Å². The Bertz CT molecular complexity index is 2060. The van der Waals surface area contributed by atoms with Crippen molar-refractivity contribution in [2.24, 2.45) is 0 Å². The standard InChI is InChI=1S/C41H47N5O7/c1-26(2)11-9-12-27(3)13-10-14-28(4)19-20-45-24-44-39-37(40(45)49)43-25-46(39)35-21-33(47)34(52-35)23-51-36(48)22-42-41(50)53-38-31-17-7-5-15-29(31)30-16-6-8-18-32(30)38/h5-8,11,13,15-19,24-25,33-35,38,47H,9-10,12,14,20-23H2,1-4H3,(H,42,50)/b27-13+,28-19+/t33-,34-,35-/m1/s1. The van der Waals surface area contributed by atoms with E-state index in [-0.39, 0.29) is 24.1 Å². The maximum Gasteiger partial charge on any atom is 0.408 e. The van der Waals surface area contributed by atoms with Gasteiger partial charge in [0, 0.05) is 24.1 Å². The molecule has 0 unspecified atom stereocenters. The summed E-state index contributed by atoms with van der Waals surface area (Å²) in [6.07, 6.45) is 9.89. The van der Waals surface area contributed by atoms with E-state index in [2.05, 4.69) is 55.1 Å². The fourth-order valence-corrected chi connectivity index (χ4v) is 6.67. The Morgan fingerprint density at radius 2 is 1.58 bits per heavy atom. The number of aliphatic hydroxyl groups excluding tert-OH is 1. The first-order chi connectivity index (χ1) is 25.6. The van der Waals surface area contributed by atoms with E-state index in [1.54, 1.807) is 4.57 Å². The number of fused-ring (bicyclic) bond motifs is 4. The summed E-state index contributed by atoms with van der Waals surface area (Å²) in [6.45, 7) is 8.18. The van der Waals surface area contributed by atoms with E-state index in [0.717, 1.165) is 47.9 Å². The van der Waals surface area contributed by atoms with Gasteiger partial charge in [-0.2, -0.15) is 0 Å². The molecule has 12 heteroatoms. The van der Waals surface area contributed by atoms with E-state index in [9.17, 15) is 19.5 Å². The summed E-state index contributed by atoms with van der Waals surface area (Å²) in [6, 6.07) is 15.4. The highest BCUT2D eigenvalue weighted by Crippen LogP contribution is 2.45. The SMILES string of the molecule is CC(C)=CCC/C(C)=C/CC/C(C)=C/Cn1cnc2c(ncn2[C@H]2C[C@@H](O)[C@@H](COC(=O)CNC(=O)OC3c4ccccc4-c4ccccc43)O2)c1=O. The molecule has 278 valence electrons. The number of imidazole rings is 1. The van der Waals surface area contributed by atoms with E-state index >= 15 is 0 Å². The Hall–Kier alpha value is -5.33. The highest BCUT2D eigenvalue weighted by atomic mass is 16.6. The number of alkyl carbamates (subject to hydrolysis) is 1. The number of rotatable bonds is 14. The van der Waals surface area contributed by atoms with Gasteiger partial charge in [0.15, 0.2) is 17.3 Å². The quantitative estimate of drug-likeness (QED) is 0.107. The third-order valence-corrected chi connectivity index (χ3v) is 9.61. The molecule has 1 fully saturated rings. The van der Waals surface area contributed by atoms with Gasteiger partial charge in [-0.1, -0.05) is 83.5 Å². The number of nitrogens with one attached hydrogen (secondary N) is 1. The zero-order valence-electron chi connectivity index (χ0n) is 30.7. The molecule has 0 spiro atoms. The highest BCUT2D eigenvalue weighted by molar-refractivity contribution is 5.81. The van der Waals surface area contributed by atoms with E-state index in [1.165, 1.54) is 33.9 Å². The Morgan fingerprint density at radius 1 is 0.925 bits per heavy atom. The molecule has 1 aliphatic heterocycles. The number of aromatic nitrogens is 4. The molecule has 1 saturated heterocycles. The average Bonchev–Trinajstić information content (AvgIpc) is 3.83. The second-order valence-corrected chi connectivity index (χ2v) is 13.9. The van der Waals surface area contributed by atoms with Crippen LogP contribution in [0.4, 0.5) is 4.79 Å². The molecule has 1 amide bonds. The predicted molar refractivity (Wildman–Crippen MR) is 201 cm³/mol. The van der Waals surface area contributed by atoms with Crippen LogP contribution in [0.2, 0.25) is 0 Å². The van der Waals surface area contributed by atoms with E-state index in [1.807, 2.05) is 54.6 Å². The largest absolute Gasteiger partial charge is 0.461 e. The van der Waals surface area contributed by atoms with Gasteiger partial charge in [-0.3, -0.25) is 18.7 Å². The molecule has 53 heavy (non-hydrogen) atoms. The summed E-state index contributed by atoms with van der Waals surface area (Å²) in [5, 5.41) is 13.2. The van der Waals surface area contributed by atoms with Crippen molar-refractivity contribution in [3.8, 4) is 11.1 Å². The van der Waals surface area contributed by atoms with Crippen LogP contribution in [0.3, 0.4) is 0 Å². The van der Waals surface area contributed by atoms with Gasteiger partial charge in [0.2, 0.25) is 0 Å². The maximum atomic E-state index is 13.3. The second-order valence-electron chi connectivity index (χ2n) is 13.9. The predicted octanol–water partition coefficient (Wildman–Crippen LogP) is 6.70. The number of amides is 1. The number of allylic oxidation sites excluding steroid dienone is 6. The monoisotopic (exact) mass is 721 g/mol. The van der Waals surface area contributed by atoms with Crippen LogP contribution in [0, 0.1) is 0 Å². The Kier molecular flexibility index (Phi) is 12.0. The summed E-state index contributed by atoms with van der Waals surface area (Å²) in [5.74, 6) is -0.713. The van der Waals surface area contributed by atoms with Crippen molar-refractivity contribution in [3.05, 3.63) is 118 Å². The molecule has 0 radical (unpaired) electrons. The zero-order valence-corrected chi connectivity index (χ0v) is 30.7. The van der Waals surface area contributed by atoms with Gasteiger partial charge < -0.3 is 24.6 Å². The summed E-state index contributed by atoms with van der Waals surface area (Å²) in [5.41, 5.74) is 7.92. The van der Waals surface area contributed by atoms with Crippen molar-refractivity contribution >= 4 is 23.2 Å². The Morgan fingerprint density at radius 3 is 2.28 bits per heavy atom. The molecule has 1 aliphatic carbocycles. The lowest BCUT2D eigenvalue weighted by atomic mass is 10.1. The topological polar surface area (TPSA) is 147 Å². The summed E-state index contributed by atoms with van der Waals surface area (Å²) < 4.78 is 20.2. The van der Waals surface area contributed by atoms with Crippen LogP contribution in [0.25, 0.3) is 22.3 Å². The minimum absolute atomic E-state index is 0.179. The van der Waals surface area contributed by atoms with Gasteiger partial charge in [0.1, 0.15) is 31.8 Å². The Balaban J connectivity index is 0.968. The third-order valence-electron chi connectivity index (χ3n) is 9.61. The van der Waals surface area contributed by atoms with Gasteiger partial charge in [-0.15, -0.1) is 0 Å². The number of ether oxygens (including phenoxy) is 3. The van der Waals surface area contributed by atoms with Crippen LogP contribution in [-0.2, 0) is 25.5 Å². The van der Waals surface area contributed by atoms with Crippen molar-refractivity contribution in [2.45, 2.75) is 90.9 Å². The van der Waals surface area contributed by atoms with Crippen LogP contribution in [0.1, 0.15) is 83.3 Å². The van der Waals surface area contributed by atoms with Crippen molar-refractivity contribution in [2.75, 3.05) is 13.2 Å². The molecule has 2 N–H and O–H groups in total. The van der Waals surface area contributed by atoms with Crippen molar-refractivity contribution in [3.63, 3.8) is 0 Å². The lowest BCUT2D eigenvalue weighted by Crippen LogP contribution is -2.34. The fraction of sp³-hybridized carbons (Fsp3) is 0.390. The molecule has 2 aliphatic rings. The number of carbonyl (C=O) groups is 2. The highest BCUT2D eigenvalue weighted by Gasteiger charge is 2.37. The van der Waals surface area contributed by atoms with Crippen molar-refractivity contribution in [1.29, 1.82) is 0 Å². The molecular formula is C41H47N5O7.